The standard InChI is InChI=1S/C9H14N2O/c1-7(2)5-11-4-3-8(10-11)9-6-12-9/h3-4,7,9H,5-6H2,1-2H3/t9-/m1/s1. The summed E-state index contributed by atoms with van der Waals surface area (Å²) in [5.74, 6) is 0.651. The van der Waals surface area contributed by atoms with Crippen LogP contribution in [0.5, 0.6) is 0 Å². The van der Waals surface area contributed by atoms with Crippen molar-refractivity contribution in [3.05, 3.63) is 18.0 Å². The Labute approximate surface area is 72.3 Å². The van der Waals surface area contributed by atoms with Crippen LogP contribution in [0.15, 0.2) is 12.3 Å². The van der Waals surface area contributed by atoms with E-state index in [1.165, 1.54) is 0 Å². The minimum Gasteiger partial charge on any atom is -0.366 e. The molecule has 66 valence electrons. The molecule has 1 atom stereocenters. The topological polar surface area (TPSA) is 30.4 Å². The average molecular weight is 166 g/mol. The molecule has 1 aromatic rings. The summed E-state index contributed by atoms with van der Waals surface area (Å²) >= 11 is 0. The van der Waals surface area contributed by atoms with Crippen molar-refractivity contribution >= 4 is 0 Å². The van der Waals surface area contributed by atoms with Crippen molar-refractivity contribution in [1.29, 1.82) is 0 Å². The van der Waals surface area contributed by atoms with E-state index in [9.17, 15) is 0 Å². The predicted molar refractivity (Wildman–Crippen MR) is 45.8 cm³/mol. The highest BCUT2D eigenvalue weighted by Crippen LogP contribution is 2.27. The van der Waals surface area contributed by atoms with Gasteiger partial charge >= 0.3 is 0 Å². The lowest BCUT2D eigenvalue weighted by atomic mass is 10.2. The summed E-state index contributed by atoms with van der Waals surface area (Å²) in [6, 6.07) is 2.04. The zero-order valence-electron chi connectivity index (χ0n) is 7.53. The van der Waals surface area contributed by atoms with Gasteiger partial charge in [0.2, 0.25) is 0 Å². The molecule has 1 fully saturated rings. The first kappa shape index (κ1) is 7.80. The zero-order chi connectivity index (χ0) is 8.55. The molecule has 0 spiro atoms. The van der Waals surface area contributed by atoms with Crippen LogP contribution in [-0.4, -0.2) is 16.4 Å². The SMILES string of the molecule is CC(C)Cn1ccc([C@H]2CO2)n1. The molecule has 3 nitrogen and oxygen atoms in total. The van der Waals surface area contributed by atoms with Crippen LogP contribution in [0.1, 0.15) is 25.6 Å². The van der Waals surface area contributed by atoms with Crippen molar-refractivity contribution in [2.75, 3.05) is 6.61 Å². The van der Waals surface area contributed by atoms with Gasteiger partial charge in [-0.25, -0.2) is 0 Å². The van der Waals surface area contributed by atoms with E-state index < -0.39 is 0 Å². The van der Waals surface area contributed by atoms with Crippen molar-refractivity contribution in [3.8, 4) is 0 Å². The van der Waals surface area contributed by atoms with Gasteiger partial charge in [0.25, 0.3) is 0 Å². The molecule has 0 radical (unpaired) electrons. The maximum Gasteiger partial charge on any atom is 0.125 e. The van der Waals surface area contributed by atoms with E-state index in [4.69, 9.17) is 4.74 Å². The molecule has 0 saturated carbocycles. The molecule has 1 aromatic heterocycles. The highest BCUT2D eigenvalue weighted by molar-refractivity contribution is 5.07. The Morgan fingerprint density at radius 1 is 1.75 bits per heavy atom. The Balaban J connectivity index is 2.03. The third kappa shape index (κ3) is 1.67. The summed E-state index contributed by atoms with van der Waals surface area (Å²) in [6.45, 7) is 6.22. The lowest BCUT2D eigenvalue weighted by Crippen LogP contribution is -2.05. The van der Waals surface area contributed by atoms with Crippen molar-refractivity contribution in [1.82, 2.24) is 9.78 Å². The molecule has 1 aliphatic heterocycles. The fourth-order valence-corrected chi connectivity index (χ4v) is 1.24. The fraction of sp³-hybridized carbons (Fsp3) is 0.667. The van der Waals surface area contributed by atoms with Crippen molar-refractivity contribution in [2.45, 2.75) is 26.5 Å². The highest BCUT2D eigenvalue weighted by Gasteiger charge is 2.27. The van der Waals surface area contributed by atoms with Gasteiger partial charge in [-0.2, -0.15) is 5.10 Å². The van der Waals surface area contributed by atoms with Crippen LogP contribution in [0.3, 0.4) is 0 Å². The molecule has 3 heteroatoms. The Morgan fingerprint density at radius 3 is 3.08 bits per heavy atom. The van der Waals surface area contributed by atoms with Crippen molar-refractivity contribution in [3.63, 3.8) is 0 Å². The Kier molecular flexibility index (Phi) is 1.89. The Hall–Kier alpha value is -0.830. The zero-order valence-corrected chi connectivity index (χ0v) is 7.53. The Morgan fingerprint density at radius 2 is 2.50 bits per heavy atom. The molecule has 1 aliphatic rings. The van der Waals surface area contributed by atoms with Crippen LogP contribution in [0.25, 0.3) is 0 Å². The van der Waals surface area contributed by atoms with Gasteiger partial charge in [0.05, 0.1) is 12.3 Å². The van der Waals surface area contributed by atoms with Gasteiger partial charge in [-0.15, -0.1) is 0 Å². The molecule has 12 heavy (non-hydrogen) atoms. The minimum absolute atomic E-state index is 0.290. The van der Waals surface area contributed by atoms with E-state index in [0.717, 1.165) is 18.8 Å². The fourth-order valence-electron chi connectivity index (χ4n) is 1.24. The summed E-state index contributed by atoms with van der Waals surface area (Å²) in [6.07, 6.45) is 2.32. The largest absolute Gasteiger partial charge is 0.366 e. The number of hydrogen-bond acceptors (Lipinski definition) is 2. The summed E-state index contributed by atoms with van der Waals surface area (Å²) in [5.41, 5.74) is 1.08. The first-order chi connectivity index (χ1) is 5.75. The number of hydrogen-bond donors (Lipinski definition) is 0. The minimum atomic E-state index is 0.290. The maximum atomic E-state index is 5.14. The van der Waals surface area contributed by atoms with E-state index in [-0.39, 0.29) is 0 Å². The molecule has 0 aromatic carbocycles. The van der Waals surface area contributed by atoms with E-state index in [2.05, 4.69) is 18.9 Å². The maximum absolute atomic E-state index is 5.14. The van der Waals surface area contributed by atoms with Gasteiger partial charge in [0, 0.05) is 12.7 Å². The predicted octanol–water partition coefficient (Wildman–Crippen LogP) is 1.61. The first-order valence-corrected chi connectivity index (χ1v) is 4.40. The summed E-state index contributed by atoms with van der Waals surface area (Å²) in [5, 5.41) is 4.40. The third-order valence-electron chi connectivity index (χ3n) is 1.88. The van der Waals surface area contributed by atoms with Crippen LogP contribution in [0.4, 0.5) is 0 Å². The van der Waals surface area contributed by atoms with Gasteiger partial charge < -0.3 is 4.74 Å². The van der Waals surface area contributed by atoms with Crippen LogP contribution in [0.2, 0.25) is 0 Å². The van der Waals surface area contributed by atoms with Crippen molar-refractivity contribution < 1.29 is 4.74 Å². The normalized spacial score (nSPS) is 21.8. The number of aromatic nitrogens is 2. The van der Waals surface area contributed by atoms with Gasteiger partial charge in [-0.05, 0) is 12.0 Å². The molecule has 2 rings (SSSR count). The second-order valence-corrected chi connectivity index (χ2v) is 3.68. The van der Waals surface area contributed by atoms with Crippen LogP contribution >= 0.6 is 0 Å². The van der Waals surface area contributed by atoms with Gasteiger partial charge in [0.1, 0.15) is 6.10 Å². The smallest absolute Gasteiger partial charge is 0.125 e. The molecule has 0 unspecified atom stereocenters. The average Bonchev–Trinajstić information content (AvgIpc) is 2.73. The van der Waals surface area contributed by atoms with Crippen LogP contribution in [-0.2, 0) is 11.3 Å². The molecule has 0 amide bonds. The molecular weight excluding hydrogens is 152 g/mol. The van der Waals surface area contributed by atoms with Gasteiger partial charge in [-0.1, -0.05) is 13.8 Å². The number of epoxide rings is 1. The molecule has 1 saturated heterocycles. The van der Waals surface area contributed by atoms with E-state index in [1.54, 1.807) is 0 Å². The highest BCUT2D eigenvalue weighted by atomic mass is 16.6. The summed E-state index contributed by atoms with van der Waals surface area (Å²) in [4.78, 5) is 0. The molecule has 0 N–H and O–H groups in total. The van der Waals surface area contributed by atoms with Gasteiger partial charge in [0.15, 0.2) is 0 Å². The molecule has 0 aliphatic carbocycles. The molecule has 2 heterocycles. The lowest BCUT2D eigenvalue weighted by Gasteiger charge is -2.03. The monoisotopic (exact) mass is 166 g/mol. The summed E-state index contributed by atoms with van der Waals surface area (Å²) < 4.78 is 7.12. The lowest BCUT2D eigenvalue weighted by molar-refractivity contribution is 0.405. The summed E-state index contributed by atoms with van der Waals surface area (Å²) in [7, 11) is 0. The third-order valence-corrected chi connectivity index (χ3v) is 1.88. The van der Waals surface area contributed by atoms with E-state index in [1.807, 2.05) is 16.9 Å². The van der Waals surface area contributed by atoms with Crippen LogP contribution < -0.4 is 0 Å². The molecular formula is C9H14N2O. The number of ether oxygens (including phenoxy) is 1. The quantitative estimate of drug-likeness (QED) is 0.638. The van der Waals surface area contributed by atoms with E-state index in [0.29, 0.717) is 12.0 Å². The van der Waals surface area contributed by atoms with Crippen LogP contribution in [0, 0.1) is 5.92 Å². The number of nitrogens with zero attached hydrogens (tertiary/aromatic N) is 2. The second-order valence-electron chi connectivity index (χ2n) is 3.68. The molecule has 0 bridgehead atoms. The number of rotatable bonds is 3. The Bertz CT molecular complexity index is 263. The van der Waals surface area contributed by atoms with E-state index >= 15 is 0 Å². The van der Waals surface area contributed by atoms with Gasteiger partial charge in [-0.3, -0.25) is 4.68 Å². The van der Waals surface area contributed by atoms with Crippen molar-refractivity contribution in [2.24, 2.45) is 5.92 Å². The first-order valence-electron chi connectivity index (χ1n) is 4.40. The second kappa shape index (κ2) is 2.90.